The molecule has 3 rings (SSSR count). The molecule has 0 atom stereocenters. The van der Waals surface area contributed by atoms with Crippen LogP contribution in [0.2, 0.25) is 5.02 Å². The molecule has 0 unspecified atom stereocenters. The number of carbonyl (C=O) groups is 2. The predicted molar refractivity (Wildman–Crippen MR) is 109 cm³/mol. The Morgan fingerprint density at radius 1 is 0.963 bits per heavy atom. The first kappa shape index (κ1) is 18.9. The van der Waals surface area contributed by atoms with Crippen LogP contribution >= 0.6 is 11.6 Å². The van der Waals surface area contributed by atoms with Gasteiger partial charge < -0.3 is 10.6 Å². The highest BCUT2D eigenvalue weighted by molar-refractivity contribution is 6.31. The summed E-state index contributed by atoms with van der Waals surface area (Å²) < 4.78 is 0. The van der Waals surface area contributed by atoms with Crippen LogP contribution in [0, 0.1) is 12.3 Å². The standard InChI is InChI=1S/C21H20ClN3O2/c1-13-9-10-15(22)12-17(13)25-20(27)21(2,3)19(26)24-16-8-4-6-14-7-5-11-23-18(14)16/h4-12H,1-3H3,(H,24,26)(H,25,27). The fourth-order valence-corrected chi connectivity index (χ4v) is 2.77. The molecule has 138 valence electrons. The molecule has 0 radical (unpaired) electrons. The van der Waals surface area contributed by atoms with Crippen molar-refractivity contribution in [2.75, 3.05) is 10.6 Å². The van der Waals surface area contributed by atoms with Gasteiger partial charge in [0.2, 0.25) is 11.8 Å². The zero-order chi connectivity index (χ0) is 19.6. The minimum absolute atomic E-state index is 0.418. The average Bonchev–Trinajstić information content (AvgIpc) is 2.65. The van der Waals surface area contributed by atoms with Crippen molar-refractivity contribution < 1.29 is 9.59 Å². The molecule has 0 aliphatic carbocycles. The fourth-order valence-electron chi connectivity index (χ4n) is 2.59. The first-order valence-corrected chi connectivity index (χ1v) is 8.89. The minimum atomic E-state index is -1.30. The second-order valence-corrected chi connectivity index (χ2v) is 7.31. The van der Waals surface area contributed by atoms with Gasteiger partial charge in [0.25, 0.3) is 0 Å². The summed E-state index contributed by atoms with van der Waals surface area (Å²) >= 11 is 6.00. The lowest BCUT2D eigenvalue weighted by Gasteiger charge is -2.23. The Hall–Kier alpha value is -2.92. The summed E-state index contributed by atoms with van der Waals surface area (Å²) in [5.41, 5.74) is 1.39. The molecule has 0 saturated heterocycles. The molecule has 27 heavy (non-hydrogen) atoms. The average molecular weight is 382 g/mol. The lowest BCUT2D eigenvalue weighted by molar-refractivity contribution is -0.135. The van der Waals surface area contributed by atoms with Gasteiger partial charge in [-0.1, -0.05) is 35.9 Å². The SMILES string of the molecule is Cc1ccc(Cl)cc1NC(=O)C(C)(C)C(=O)Nc1cccc2cccnc12. The van der Waals surface area contributed by atoms with Gasteiger partial charge in [-0.25, -0.2) is 0 Å². The van der Waals surface area contributed by atoms with Crippen LogP contribution in [0.3, 0.4) is 0 Å². The molecule has 0 saturated carbocycles. The van der Waals surface area contributed by atoms with E-state index in [1.54, 1.807) is 38.2 Å². The molecule has 0 aliphatic rings. The zero-order valence-corrected chi connectivity index (χ0v) is 16.1. The van der Waals surface area contributed by atoms with E-state index >= 15 is 0 Å². The van der Waals surface area contributed by atoms with Crippen LogP contribution in [0.25, 0.3) is 10.9 Å². The van der Waals surface area contributed by atoms with Crippen molar-refractivity contribution in [1.82, 2.24) is 4.98 Å². The van der Waals surface area contributed by atoms with Crippen molar-refractivity contribution in [1.29, 1.82) is 0 Å². The molecule has 0 spiro atoms. The first-order valence-electron chi connectivity index (χ1n) is 8.52. The molecule has 1 aromatic heterocycles. The van der Waals surface area contributed by atoms with Gasteiger partial charge in [0.15, 0.2) is 0 Å². The number of para-hydroxylation sites is 1. The van der Waals surface area contributed by atoms with Crippen molar-refractivity contribution >= 4 is 45.7 Å². The van der Waals surface area contributed by atoms with E-state index in [4.69, 9.17) is 11.6 Å². The largest absolute Gasteiger partial charge is 0.325 e. The van der Waals surface area contributed by atoms with Gasteiger partial charge in [0, 0.05) is 22.3 Å². The maximum atomic E-state index is 12.8. The van der Waals surface area contributed by atoms with Crippen LogP contribution in [0.5, 0.6) is 0 Å². The summed E-state index contributed by atoms with van der Waals surface area (Å²) in [5, 5.41) is 7.05. The lowest BCUT2D eigenvalue weighted by Crippen LogP contribution is -2.41. The highest BCUT2D eigenvalue weighted by Crippen LogP contribution is 2.27. The van der Waals surface area contributed by atoms with E-state index < -0.39 is 17.2 Å². The molecule has 5 nitrogen and oxygen atoms in total. The van der Waals surface area contributed by atoms with Crippen molar-refractivity contribution in [3.63, 3.8) is 0 Å². The number of anilines is 2. The molecule has 0 bridgehead atoms. The van der Waals surface area contributed by atoms with Crippen LogP contribution < -0.4 is 10.6 Å². The Morgan fingerprint density at radius 2 is 1.63 bits per heavy atom. The Labute approximate surface area is 162 Å². The van der Waals surface area contributed by atoms with E-state index in [9.17, 15) is 9.59 Å². The third kappa shape index (κ3) is 3.93. The van der Waals surface area contributed by atoms with E-state index in [0.29, 0.717) is 21.9 Å². The van der Waals surface area contributed by atoms with Crippen molar-refractivity contribution in [3.05, 3.63) is 65.3 Å². The smallest absolute Gasteiger partial charge is 0.239 e. The number of nitrogens with zero attached hydrogens (tertiary/aromatic N) is 1. The van der Waals surface area contributed by atoms with Gasteiger partial charge in [-0.2, -0.15) is 0 Å². The number of hydrogen-bond donors (Lipinski definition) is 2. The monoisotopic (exact) mass is 381 g/mol. The number of carbonyl (C=O) groups excluding carboxylic acids is 2. The van der Waals surface area contributed by atoms with Gasteiger partial charge in [0.1, 0.15) is 5.41 Å². The Kier molecular flexibility index (Phi) is 5.15. The van der Waals surface area contributed by atoms with E-state index in [1.165, 1.54) is 0 Å². The number of aromatic nitrogens is 1. The molecule has 2 amide bonds. The number of halogens is 1. The molecule has 0 fully saturated rings. The Balaban J connectivity index is 1.82. The number of nitrogens with one attached hydrogen (secondary N) is 2. The molecular weight excluding hydrogens is 362 g/mol. The van der Waals surface area contributed by atoms with Gasteiger partial charge in [-0.05, 0) is 50.6 Å². The highest BCUT2D eigenvalue weighted by atomic mass is 35.5. The van der Waals surface area contributed by atoms with Crippen LogP contribution in [-0.4, -0.2) is 16.8 Å². The molecule has 6 heteroatoms. The normalized spacial score (nSPS) is 11.3. The van der Waals surface area contributed by atoms with Gasteiger partial charge in [-0.3, -0.25) is 14.6 Å². The molecular formula is C21H20ClN3O2. The Morgan fingerprint density at radius 3 is 2.37 bits per heavy atom. The predicted octanol–water partition coefficient (Wildman–Crippen LogP) is 4.80. The topological polar surface area (TPSA) is 71.1 Å². The van der Waals surface area contributed by atoms with E-state index in [-0.39, 0.29) is 0 Å². The van der Waals surface area contributed by atoms with Gasteiger partial charge in [-0.15, -0.1) is 0 Å². The van der Waals surface area contributed by atoms with Crippen LogP contribution in [0.4, 0.5) is 11.4 Å². The van der Waals surface area contributed by atoms with E-state index in [0.717, 1.165) is 10.9 Å². The lowest BCUT2D eigenvalue weighted by atomic mass is 9.90. The number of aryl methyl sites for hydroxylation is 1. The number of hydrogen-bond acceptors (Lipinski definition) is 3. The van der Waals surface area contributed by atoms with Crippen LogP contribution in [0.1, 0.15) is 19.4 Å². The number of amides is 2. The van der Waals surface area contributed by atoms with Crippen molar-refractivity contribution in [2.45, 2.75) is 20.8 Å². The number of benzene rings is 2. The highest BCUT2D eigenvalue weighted by Gasteiger charge is 2.36. The maximum absolute atomic E-state index is 12.8. The maximum Gasteiger partial charge on any atom is 0.239 e. The fraction of sp³-hybridized carbons (Fsp3) is 0.190. The summed E-state index contributed by atoms with van der Waals surface area (Å²) in [6, 6.07) is 14.5. The summed E-state index contributed by atoms with van der Waals surface area (Å²) in [6.07, 6.45) is 1.66. The molecule has 2 aromatic carbocycles. The van der Waals surface area contributed by atoms with Gasteiger partial charge in [0.05, 0.1) is 11.2 Å². The minimum Gasteiger partial charge on any atom is -0.325 e. The number of rotatable bonds is 4. The van der Waals surface area contributed by atoms with E-state index in [1.807, 2.05) is 37.3 Å². The molecule has 0 aliphatic heterocycles. The van der Waals surface area contributed by atoms with Crippen LogP contribution in [-0.2, 0) is 9.59 Å². The molecule has 2 N–H and O–H groups in total. The summed E-state index contributed by atoms with van der Waals surface area (Å²) in [6.45, 7) is 5.02. The zero-order valence-electron chi connectivity index (χ0n) is 15.3. The second kappa shape index (κ2) is 7.37. The first-order chi connectivity index (χ1) is 12.8. The number of fused-ring (bicyclic) bond motifs is 1. The summed E-state index contributed by atoms with van der Waals surface area (Å²) in [5.74, 6) is -0.837. The van der Waals surface area contributed by atoms with Gasteiger partial charge >= 0.3 is 0 Å². The van der Waals surface area contributed by atoms with Crippen LogP contribution in [0.15, 0.2) is 54.7 Å². The van der Waals surface area contributed by atoms with Crippen molar-refractivity contribution in [3.8, 4) is 0 Å². The van der Waals surface area contributed by atoms with E-state index in [2.05, 4.69) is 15.6 Å². The Bertz CT molecular complexity index is 1030. The quantitative estimate of drug-likeness (QED) is 0.637. The molecule has 1 heterocycles. The molecule has 3 aromatic rings. The summed E-state index contributed by atoms with van der Waals surface area (Å²) in [7, 11) is 0. The number of pyridine rings is 1. The summed E-state index contributed by atoms with van der Waals surface area (Å²) in [4.78, 5) is 29.9. The third-order valence-electron chi connectivity index (χ3n) is 4.46. The third-order valence-corrected chi connectivity index (χ3v) is 4.70. The van der Waals surface area contributed by atoms with Crippen molar-refractivity contribution in [2.24, 2.45) is 5.41 Å². The second-order valence-electron chi connectivity index (χ2n) is 6.87.